The standard InChI is InChI=1S/C12H14ClN3/c1-8(2)11-7-12(14)16(15-11)10-5-3-4-9(13)6-10/h3-8H,14H2,1-2H3. The lowest BCUT2D eigenvalue weighted by molar-refractivity contribution is 0.771. The van der Waals surface area contributed by atoms with Gasteiger partial charge in [0.15, 0.2) is 0 Å². The molecule has 1 aromatic carbocycles. The fourth-order valence-corrected chi connectivity index (χ4v) is 1.70. The average molecular weight is 236 g/mol. The maximum Gasteiger partial charge on any atom is 0.127 e. The molecule has 3 nitrogen and oxygen atoms in total. The molecule has 0 aliphatic heterocycles. The molecule has 0 aliphatic rings. The summed E-state index contributed by atoms with van der Waals surface area (Å²) in [6, 6.07) is 9.38. The lowest BCUT2D eigenvalue weighted by Gasteiger charge is -2.04. The van der Waals surface area contributed by atoms with Crippen LogP contribution in [0.3, 0.4) is 0 Å². The molecule has 1 aromatic heterocycles. The van der Waals surface area contributed by atoms with E-state index in [2.05, 4.69) is 18.9 Å². The van der Waals surface area contributed by atoms with E-state index in [4.69, 9.17) is 17.3 Å². The Hall–Kier alpha value is -1.48. The van der Waals surface area contributed by atoms with Crippen LogP contribution in [0.15, 0.2) is 30.3 Å². The molecule has 0 saturated heterocycles. The number of nitrogens with two attached hydrogens (primary N) is 1. The van der Waals surface area contributed by atoms with Gasteiger partial charge in [-0.15, -0.1) is 0 Å². The van der Waals surface area contributed by atoms with Crippen molar-refractivity contribution in [3.63, 3.8) is 0 Å². The number of benzene rings is 1. The van der Waals surface area contributed by atoms with Crippen molar-refractivity contribution >= 4 is 17.4 Å². The van der Waals surface area contributed by atoms with Gasteiger partial charge in [0.2, 0.25) is 0 Å². The molecular formula is C12H14ClN3. The summed E-state index contributed by atoms with van der Waals surface area (Å²) in [5.41, 5.74) is 7.79. The fraction of sp³-hybridized carbons (Fsp3) is 0.250. The van der Waals surface area contributed by atoms with Crippen LogP contribution in [0.1, 0.15) is 25.5 Å². The van der Waals surface area contributed by atoms with Gasteiger partial charge >= 0.3 is 0 Å². The third-order valence-corrected chi connectivity index (χ3v) is 2.64. The number of hydrogen-bond acceptors (Lipinski definition) is 2. The van der Waals surface area contributed by atoms with E-state index in [1.807, 2.05) is 30.3 Å². The zero-order valence-electron chi connectivity index (χ0n) is 9.31. The zero-order valence-corrected chi connectivity index (χ0v) is 10.1. The SMILES string of the molecule is CC(C)c1cc(N)n(-c2cccc(Cl)c2)n1. The van der Waals surface area contributed by atoms with Gasteiger partial charge in [-0.25, -0.2) is 4.68 Å². The van der Waals surface area contributed by atoms with Gasteiger partial charge in [-0.3, -0.25) is 0 Å². The fourth-order valence-electron chi connectivity index (χ4n) is 1.51. The second-order valence-electron chi connectivity index (χ2n) is 4.04. The van der Waals surface area contributed by atoms with Crippen molar-refractivity contribution in [1.82, 2.24) is 9.78 Å². The van der Waals surface area contributed by atoms with Gasteiger partial charge in [0.05, 0.1) is 11.4 Å². The Balaban J connectivity index is 2.48. The monoisotopic (exact) mass is 235 g/mol. The predicted molar refractivity (Wildman–Crippen MR) is 67.1 cm³/mol. The lowest BCUT2D eigenvalue weighted by Crippen LogP contribution is -2.01. The van der Waals surface area contributed by atoms with Gasteiger partial charge in [-0.05, 0) is 24.1 Å². The molecule has 4 heteroatoms. The molecule has 0 fully saturated rings. The van der Waals surface area contributed by atoms with Crippen molar-refractivity contribution in [3.8, 4) is 5.69 Å². The van der Waals surface area contributed by atoms with Crippen LogP contribution in [-0.4, -0.2) is 9.78 Å². The first kappa shape index (κ1) is 11.0. The molecule has 0 amide bonds. The molecule has 16 heavy (non-hydrogen) atoms. The highest BCUT2D eigenvalue weighted by atomic mass is 35.5. The van der Waals surface area contributed by atoms with Crippen molar-refractivity contribution in [2.24, 2.45) is 0 Å². The number of aromatic nitrogens is 2. The van der Waals surface area contributed by atoms with Crippen molar-refractivity contribution in [3.05, 3.63) is 41.0 Å². The number of nitrogen functional groups attached to an aromatic ring is 1. The van der Waals surface area contributed by atoms with E-state index in [0.29, 0.717) is 16.8 Å². The number of halogens is 1. The molecular weight excluding hydrogens is 222 g/mol. The van der Waals surface area contributed by atoms with E-state index in [9.17, 15) is 0 Å². The van der Waals surface area contributed by atoms with E-state index >= 15 is 0 Å². The molecule has 1 heterocycles. The molecule has 0 atom stereocenters. The topological polar surface area (TPSA) is 43.8 Å². The van der Waals surface area contributed by atoms with Crippen LogP contribution in [0.5, 0.6) is 0 Å². The van der Waals surface area contributed by atoms with Gasteiger partial charge in [0, 0.05) is 11.1 Å². The number of anilines is 1. The van der Waals surface area contributed by atoms with Crippen LogP contribution in [0.4, 0.5) is 5.82 Å². The predicted octanol–water partition coefficient (Wildman–Crippen LogP) is 3.23. The molecule has 0 aliphatic carbocycles. The minimum atomic E-state index is 0.364. The van der Waals surface area contributed by atoms with Gasteiger partial charge in [-0.2, -0.15) is 5.10 Å². The largest absolute Gasteiger partial charge is 0.384 e. The quantitative estimate of drug-likeness (QED) is 0.869. The van der Waals surface area contributed by atoms with Crippen LogP contribution in [0.2, 0.25) is 5.02 Å². The number of hydrogen-bond donors (Lipinski definition) is 1. The van der Waals surface area contributed by atoms with E-state index in [0.717, 1.165) is 11.4 Å². The molecule has 2 N–H and O–H groups in total. The second-order valence-corrected chi connectivity index (χ2v) is 4.48. The Labute approximate surface area is 99.8 Å². The summed E-state index contributed by atoms with van der Waals surface area (Å²) in [7, 11) is 0. The van der Waals surface area contributed by atoms with Crippen molar-refractivity contribution in [2.45, 2.75) is 19.8 Å². The summed E-state index contributed by atoms with van der Waals surface area (Å²) in [4.78, 5) is 0. The van der Waals surface area contributed by atoms with Crippen LogP contribution >= 0.6 is 11.6 Å². The molecule has 0 radical (unpaired) electrons. The van der Waals surface area contributed by atoms with Gasteiger partial charge in [0.1, 0.15) is 5.82 Å². The second kappa shape index (κ2) is 4.18. The summed E-state index contributed by atoms with van der Waals surface area (Å²) in [5, 5.41) is 5.13. The van der Waals surface area contributed by atoms with E-state index < -0.39 is 0 Å². The van der Waals surface area contributed by atoms with Gasteiger partial charge < -0.3 is 5.73 Å². The third-order valence-electron chi connectivity index (χ3n) is 2.40. The van der Waals surface area contributed by atoms with Crippen LogP contribution in [-0.2, 0) is 0 Å². The van der Waals surface area contributed by atoms with Crippen LogP contribution < -0.4 is 5.73 Å². The van der Waals surface area contributed by atoms with Crippen LogP contribution in [0, 0.1) is 0 Å². The zero-order chi connectivity index (χ0) is 11.7. The normalized spacial score (nSPS) is 11.0. The maximum absolute atomic E-state index is 5.93. The summed E-state index contributed by atoms with van der Waals surface area (Å²) < 4.78 is 1.71. The summed E-state index contributed by atoms with van der Waals surface area (Å²) in [5.74, 6) is 0.994. The number of rotatable bonds is 2. The average Bonchev–Trinajstić information content (AvgIpc) is 2.60. The molecule has 0 bridgehead atoms. The first-order valence-corrected chi connectivity index (χ1v) is 5.57. The van der Waals surface area contributed by atoms with E-state index in [1.54, 1.807) is 4.68 Å². The summed E-state index contributed by atoms with van der Waals surface area (Å²) in [6.45, 7) is 4.17. The summed E-state index contributed by atoms with van der Waals surface area (Å²) >= 11 is 5.93. The highest BCUT2D eigenvalue weighted by molar-refractivity contribution is 6.30. The molecule has 2 rings (SSSR count). The third kappa shape index (κ3) is 2.04. The number of nitrogens with zero attached hydrogens (tertiary/aromatic N) is 2. The van der Waals surface area contributed by atoms with Gasteiger partial charge in [0.25, 0.3) is 0 Å². The molecule has 0 unspecified atom stereocenters. The van der Waals surface area contributed by atoms with Gasteiger partial charge in [-0.1, -0.05) is 31.5 Å². The van der Waals surface area contributed by atoms with Crippen molar-refractivity contribution < 1.29 is 0 Å². The highest BCUT2D eigenvalue weighted by Gasteiger charge is 2.09. The van der Waals surface area contributed by atoms with Crippen LogP contribution in [0.25, 0.3) is 5.69 Å². The molecule has 84 valence electrons. The maximum atomic E-state index is 5.93. The first-order valence-electron chi connectivity index (χ1n) is 5.19. The lowest BCUT2D eigenvalue weighted by atomic mass is 10.1. The Morgan fingerprint density at radius 1 is 1.31 bits per heavy atom. The molecule has 0 spiro atoms. The van der Waals surface area contributed by atoms with E-state index in [1.165, 1.54) is 0 Å². The molecule has 2 aromatic rings. The van der Waals surface area contributed by atoms with Crippen molar-refractivity contribution in [1.29, 1.82) is 0 Å². The Bertz CT molecular complexity index is 503. The minimum Gasteiger partial charge on any atom is -0.384 e. The Kier molecular flexibility index (Phi) is 2.88. The smallest absolute Gasteiger partial charge is 0.127 e. The highest BCUT2D eigenvalue weighted by Crippen LogP contribution is 2.21. The summed E-state index contributed by atoms with van der Waals surface area (Å²) in [6.07, 6.45) is 0. The first-order chi connectivity index (χ1) is 7.58. The minimum absolute atomic E-state index is 0.364. The Morgan fingerprint density at radius 3 is 2.62 bits per heavy atom. The van der Waals surface area contributed by atoms with Crippen molar-refractivity contribution in [2.75, 3.05) is 5.73 Å². The molecule has 0 saturated carbocycles. The Morgan fingerprint density at radius 2 is 2.06 bits per heavy atom. The van der Waals surface area contributed by atoms with E-state index in [-0.39, 0.29) is 0 Å².